The average molecular weight is 200 g/mol. The van der Waals surface area contributed by atoms with Gasteiger partial charge in [-0.1, -0.05) is 11.6 Å². The Morgan fingerprint density at radius 1 is 1.58 bits per heavy atom. The minimum absolute atomic E-state index is 0.507. The van der Waals surface area contributed by atoms with Crippen molar-refractivity contribution in [1.82, 2.24) is 14.6 Å². The largest absolute Gasteiger partial charge is 0.217 e. The highest BCUT2D eigenvalue weighted by Gasteiger charge is 2.02. The van der Waals surface area contributed by atoms with Crippen LogP contribution in [0, 0.1) is 0 Å². The normalized spacial score (nSPS) is 10.8. The number of fused-ring (bicyclic) bond motifs is 1. The molecule has 2 rings (SSSR count). The van der Waals surface area contributed by atoms with Crippen molar-refractivity contribution in [2.75, 3.05) is 6.26 Å². The van der Waals surface area contributed by atoms with Crippen LogP contribution in [0.3, 0.4) is 0 Å². The molecule has 0 amide bonds. The van der Waals surface area contributed by atoms with Gasteiger partial charge in [0, 0.05) is 12.1 Å². The van der Waals surface area contributed by atoms with Crippen LogP contribution in [0.15, 0.2) is 23.4 Å². The van der Waals surface area contributed by atoms with Crippen molar-refractivity contribution in [2.24, 2.45) is 0 Å². The van der Waals surface area contributed by atoms with Crippen LogP contribution in [0.2, 0.25) is 5.15 Å². The molecular weight excluding hydrogens is 194 g/mol. The topological polar surface area (TPSA) is 30.2 Å². The van der Waals surface area contributed by atoms with E-state index >= 15 is 0 Å². The highest BCUT2D eigenvalue weighted by molar-refractivity contribution is 7.98. The lowest BCUT2D eigenvalue weighted by Crippen LogP contribution is -1.93. The first kappa shape index (κ1) is 7.89. The summed E-state index contributed by atoms with van der Waals surface area (Å²) < 4.78 is 1.76. The summed E-state index contributed by atoms with van der Waals surface area (Å²) in [5.74, 6) is 0. The molecule has 0 aliphatic heterocycles. The Morgan fingerprint density at radius 3 is 3.17 bits per heavy atom. The summed E-state index contributed by atoms with van der Waals surface area (Å²) in [6, 6.07) is 3.62. The SMILES string of the molecule is CSc1cc(Cl)nc2ccnn12. The molecule has 0 unspecified atom stereocenters. The lowest BCUT2D eigenvalue weighted by atomic mass is 10.6. The fourth-order valence-corrected chi connectivity index (χ4v) is 1.80. The van der Waals surface area contributed by atoms with E-state index in [0.717, 1.165) is 10.7 Å². The zero-order valence-electron chi connectivity index (χ0n) is 6.36. The molecule has 0 atom stereocenters. The monoisotopic (exact) mass is 199 g/mol. The van der Waals surface area contributed by atoms with Gasteiger partial charge in [-0.2, -0.15) is 5.10 Å². The Balaban J connectivity index is 2.80. The predicted molar refractivity (Wildman–Crippen MR) is 49.8 cm³/mol. The molecule has 0 bridgehead atoms. The van der Waals surface area contributed by atoms with E-state index < -0.39 is 0 Å². The predicted octanol–water partition coefficient (Wildman–Crippen LogP) is 2.10. The van der Waals surface area contributed by atoms with E-state index in [0.29, 0.717) is 5.15 Å². The molecule has 0 radical (unpaired) electrons. The van der Waals surface area contributed by atoms with Gasteiger partial charge < -0.3 is 0 Å². The van der Waals surface area contributed by atoms with Crippen molar-refractivity contribution in [1.29, 1.82) is 0 Å². The van der Waals surface area contributed by atoms with Crippen LogP contribution in [0.5, 0.6) is 0 Å². The Morgan fingerprint density at radius 2 is 2.42 bits per heavy atom. The van der Waals surface area contributed by atoms with Crippen molar-refractivity contribution >= 4 is 29.0 Å². The zero-order valence-corrected chi connectivity index (χ0v) is 7.93. The minimum Gasteiger partial charge on any atom is -0.217 e. The molecule has 0 spiro atoms. The van der Waals surface area contributed by atoms with Crippen LogP contribution in [-0.4, -0.2) is 20.9 Å². The van der Waals surface area contributed by atoms with Gasteiger partial charge in [0.2, 0.25) is 0 Å². The third kappa shape index (κ3) is 1.17. The number of aromatic nitrogens is 3. The van der Waals surface area contributed by atoms with Gasteiger partial charge in [-0.25, -0.2) is 9.50 Å². The Hall–Kier alpha value is -0.740. The van der Waals surface area contributed by atoms with E-state index in [4.69, 9.17) is 11.6 Å². The van der Waals surface area contributed by atoms with E-state index in [-0.39, 0.29) is 0 Å². The fourth-order valence-electron chi connectivity index (χ4n) is 1.00. The summed E-state index contributed by atoms with van der Waals surface area (Å²) >= 11 is 7.39. The van der Waals surface area contributed by atoms with Gasteiger partial charge in [0.05, 0.1) is 6.20 Å². The Bertz CT molecular complexity index is 412. The molecule has 0 aromatic carbocycles. The molecule has 5 heteroatoms. The summed E-state index contributed by atoms with van der Waals surface area (Å²) in [7, 11) is 0. The van der Waals surface area contributed by atoms with E-state index in [1.807, 2.05) is 12.3 Å². The van der Waals surface area contributed by atoms with Crippen molar-refractivity contribution in [3.8, 4) is 0 Å². The van der Waals surface area contributed by atoms with Gasteiger partial charge in [-0.3, -0.25) is 0 Å². The standard InChI is InChI=1S/C7H6ClN3S/c1-12-7-4-5(8)10-6-2-3-9-11(6)7/h2-4H,1H3. The Labute approximate surface area is 78.7 Å². The van der Waals surface area contributed by atoms with Crippen molar-refractivity contribution in [3.05, 3.63) is 23.5 Å². The van der Waals surface area contributed by atoms with Gasteiger partial charge in [0.25, 0.3) is 0 Å². The summed E-state index contributed by atoms with van der Waals surface area (Å²) in [6.07, 6.45) is 3.69. The average Bonchev–Trinajstić information content (AvgIpc) is 2.50. The molecule has 0 N–H and O–H groups in total. The lowest BCUT2D eigenvalue weighted by Gasteiger charge is -2.00. The summed E-state index contributed by atoms with van der Waals surface area (Å²) in [5.41, 5.74) is 0.784. The first-order valence-electron chi connectivity index (χ1n) is 3.35. The molecule has 0 saturated carbocycles. The zero-order chi connectivity index (χ0) is 8.55. The van der Waals surface area contributed by atoms with Crippen LogP contribution in [-0.2, 0) is 0 Å². The molecule has 62 valence electrons. The molecular formula is C7H6ClN3S. The first-order chi connectivity index (χ1) is 5.81. The second kappa shape index (κ2) is 2.95. The quantitative estimate of drug-likeness (QED) is 0.521. The summed E-state index contributed by atoms with van der Waals surface area (Å²) in [5, 5.41) is 5.61. The number of nitrogens with zero attached hydrogens (tertiary/aromatic N) is 3. The van der Waals surface area contributed by atoms with Gasteiger partial charge >= 0.3 is 0 Å². The molecule has 0 aliphatic rings. The van der Waals surface area contributed by atoms with Crippen LogP contribution < -0.4 is 0 Å². The maximum Gasteiger partial charge on any atom is 0.157 e. The number of rotatable bonds is 1. The number of halogens is 1. The van der Waals surface area contributed by atoms with E-state index in [1.54, 1.807) is 28.5 Å². The summed E-state index contributed by atoms with van der Waals surface area (Å²) in [6.45, 7) is 0. The molecule has 0 saturated heterocycles. The molecule has 0 fully saturated rings. The van der Waals surface area contributed by atoms with Crippen LogP contribution in [0.25, 0.3) is 5.65 Å². The Kier molecular flexibility index (Phi) is 1.94. The molecule has 2 aromatic rings. The highest BCUT2D eigenvalue weighted by Crippen LogP contribution is 2.18. The lowest BCUT2D eigenvalue weighted by molar-refractivity contribution is 0.844. The maximum absolute atomic E-state index is 5.79. The van der Waals surface area contributed by atoms with Crippen molar-refractivity contribution in [3.63, 3.8) is 0 Å². The number of hydrogen-bond acceptors (Lipinski definition) is 3. The van der Waals surface area contributed by atoms with E-state index in [9.17, 15) is 0 Å². The molecule has 2 aromatic heterocycles. The van der Waals surface area contributed by atoms with Crippen LogP contribution in [0.1, 0.15) is 0 Å². The van der Waals surface area contributed by atoms with Gasteiger partial charge in [-0.05, 0) is 6.26 Å². The molecule has 3 nitrogen and oxygen atoms in total. The smallest absolute Gasteiger partial charge is 0.157 e. The van der Waals surface area contributed by atoms with Gasteiger partial charge in [-0.15, -0.1) is 11.8 Å². The number of thioether (sulfide) groups is 1. The molecule has 12 heavy (non-hydrogen) atoms. The van der Waals surface area contributed by atoms with Crippen molar-refractivity contribution < 1.29 is 0 Å². The maximum atomic E-state index is 5.79. The first-order valence-corrected chi connectivity index (χ1v) is 4.96. The van der Waals surface area contributed by atoms with Crippen molar-refractivity contribution in [2.45, 2.75) is 5.03 Å². The third-order valence-corrected chi connectivity index (χ3v) is 2.41. The van der Waals surface area contributed by atoms with E-state index in [1.165, 1.54) is 0 Å². The van der Waals surface area contributed by atoms with Gasteiger partial charge in [0.15, 0.2) is 5.65 Å². The summed E-state index contributed by atoms with van der Waals surface area (Å²) in [4.78, 5) is 4.10. The molecule has 0 aliphatic carbocycles. The van der Waals surface area contributed by atoms with Crippen LogP contribution >= 0.6 is 23.4 Å². The highest BCUT2D eigenvalue weighted by atomic mass is 35.5. The molecule has 2 heterocycles. The second-order valence-corrected chi connectivity index (χ2v) is 3.44. The fraction of sp³-hybridized carbons (Fsp3) is 0.143. The second-order valence-electron chi connectivity index (χ2n) is 2.22. The van der Waals surface area contributed by atoms with Gasteiger partial charge in [0.1, 0.15) is 10.2 Å². The minimum atomic E-state index is 0.507. The third-order valence-electron chi connectivity index (χ3n) is 1.50. The van der Waals surface area contributed by atoms with Crippen LogP contribution in [0.4, 0.5) is 0 Å². The number of hydrogen-bond donors (Lipinski definition) is 0. The van der Waals surface area contributed by atoms with E-state index in [2.05, 4.69) is 10.1 Å².